The first-order valence-electron chi connectivity index (χ1n) is 11.0. The van der Waals surface area contributed by atoms with Crippen molar-refractivity contribution in [3.63, 3.8) is 0 Å². The van der Waals surface area contributed by atoms with Crippen molar-refractivity contribution < 1.29 is 28.5 Å². The van der Waals surface area contributed by atoms with Crippen LogP contribution >= 0.6 is 0 Å². The summed E-state index contributed by atoms with van der Waals surface area (Å²) in [6.07, 6.45) is 0.703. The molecule has 1 N–H and O–H groups in total. The van der Waals surface area contributed by atoms with Gasteiger partial charge in [-0.25, -0.2) is 4.79 Å². The average molecular weight is 462 g/mol. The van der Waals surface area contributed by atoms with Crippen molar-refractivity contribution in [2.24, 2.45) is 0 Å². The maximum absolute atomic E-state index is 12.8. The molecular formula is C27H27NO6. The predicted molar refractivity (Wildman–Crippen MR) is 127 cm³/mol. The van der Waals surface area contributed by atoms with Crippen molar-refractivity contribution in [3.05, 3.63) is 88.5 Å². The lowest BCUT2D eigenvalue weighted by molar-refractivity contribution is 0.0252. The Balaban J connectivity index is 1.45. The molecule has 0 aliphatic carbocycles. The van der Waals surface area contributed by atoms with Crippen LogP contribution in [0.15, 0.2) is 60.7 Å². The lowest BCUT2D eigenvalue weighted by Crippen LogP contribution is -2.27. The Bertz CT molecular complexity index is 1190. The Labute approximate surface area is 198 Å². The second-order valence-corrected chi connectivity index (χ2v) is 7.88. The Morgan fingerprint density at radius 3 is 2.44 bits per heavy atom. The van der Waals surface area contributed by atoms with E-state index < -0.39 is 0 Å². The number of hydrogen-bond acceptors (Lipinski definition) is 6. The van der Waals surface area contributed by atoms with Crippen LogP contribution in [0.25, 0.3) is 0 Å². The molecule has 0 spiro atoms. The summed E-state index contributed by atoms with van der Waals surface area (Å²) in [4.78, 5) is 25.3. The molecule has 4 rings (SSSR count). The first-order chi connectivity index (χ1) is 16.5. The third-order valence-corrected chi connectivity index (χ3v) is 5.88. The molecule has 0 bridgehead atoms. The molecule has 0 saturated carbocycles. The molecule has 1 aliphatic heterocycles. The van der Waals surface area contributed by atoms with Crippen molar-refractivity contribution in [2.45, 2.75) is 18.9 Å². The van der Waals surface area contributed by atoms with Gasteiger partial charge in [-0.1, -0.05) is 36.4 Å². The van der Waals surface area contributed by atoms with E-state index in [2.05, 4.69) is 5.32 Å². The monoisotopic (exact) mass is 461 g/mol. The second kappa shape index (κ2) is 10.3. The standard InChI is InChI=1S/C27H27NO6/c1-31-22-12-10-18(24(32-2)25(22)33-3)13-14-28-26(29)19-9-11-21-20(15-19)16-23(34-27(21)30)17-7-5-4-6-8-17/h4-12,15,23H,13-14,16H2,1-3H3,(H,28,29). The van der Waals surface area contributed by atoms with Gasteiger partial charge in [0, 0.05) is 24.1 Å². The summed E-state index contributed by atoms with van der Waals surface area (Å²) in [6.45, 7) is 0.399. The summed E-state index contributed by atoms with van der Waals surface area (Å²) in [5.74, 6) is 1.09. The zero-order valence-electron chi connectivity index (χ0n) is 19.4. The topological polar surface area (TPSA) is 83.1 Å². The van der Waals surface area contributed by atoms with Gasteiger partial charge in [0.2, 0.25) is 5.75 Å². The number of carbonyl (C=O) groups excluding carboxylic acids is 2. The van der Waals surface area contributed by atoms with Crippen molar-refractivity contribution in [3.8, 4) is 17.2 Å². The van der Waals surface area contributed by atoms with Crippen LogP contribution in [0.5, 0.6) is 17.2 Å². The smallest absolute Gasteiger partial charge is 0.339 e. The third kappa shape index (κ3) is 4.69. The van der Waals surface area contributed by atoms with Crippen LogP contribution in [0.3, 0.4) is 0 Å². The second-order valence-electron chi connectivity index (χ2n) is 7.88. The van der Waals surface area contributed by atoms with Gasteiger partial charge >= 0.3 is 5.97 Å². The van der Waals surface area contributed by atoms with E-state index in [0.717, 1.165) is 16.7 Å². The highest BCUT2D eigenvalue weighted by Gasteiger charge is 2.28. The van der Waals surface area contributed by atoms with Gasteiger partial charge in [0.05, 0.1) is 26.9 Å². The first kappa shape index (κ1) is 23.2. The van der Waals surface area contributed by atoms with Gasteiger partial charge in [-0.05, 0) is 41.8 Å². The number of esters is 1. The molecule has 1 aliphatic rings. The van der Waals surface area contributed by atoms with Crippen LogP contribution < -0.4 is 19.5 Å². The van der Waals surface area contributed by atoms with Gasteiger partial charge in [-0.2, -0.15) is 0 Å². The Hall–Kier alpha value is -4.00. The highest BCUT2D eigenvalue weighted by atomic mass is 16.5. The Kier molecular flexibility index (Phi) is 7.01. The normalized spacial score (nSPS) is 14.6. The van der Waals surface area contributed by atoms with E-state index in [1.807, 2.05) is 42.5 Å². The van der Waals surface area contributed by atoms with E-state index in [4.69, 9.17) is 18.9 Å². The summed E-state index contributed by atoms with van der Waals surface area (Å²) in [5.41, 5.74) is 3.62. The number of ether oxygens (including phenoxy) is 4. The minimum Gasteiger partial charge on any atom is -0.493 e. The van der Waals surface area contributed by atoms with Crippen LogP contribution in [0.2, 0.25) is 0 Å². The molecular weight excluding hydrogens is 434 g/mol. The molecule has 7 heteroatoms. The summed E-state index contributed by atoms with van der Waals surface area (Å²) >= 11 is 0. The number of benzene rings is 3. The molecule has 0 saturated heterocycles. The fourth-order valence-corrected chi connectivity index (χ4v) is 4.16. The zero-order chi connectivity index (χ0) is 24.1. The van der Waals surface area contributed by atoms with E-state index in [1.54, 1.807) is 39.5 Å². The number of nitrogens with one attached hydrogen (secondary N) is 1. The lowest BCUT2D eigenvalue weighted by Gasteiger charge is -2.25. The third-order valence-electron chi connectivity index (χ3n) is 5.88. The van der Waals surface area contributed by atoms with Gasteiger partial charge in [0.15, 0.2) is 11.5 Å². The molecule has 7 nitrogen and oxygen atoms in total. The number of methoxy groups -OCH3 is 3. The predicted octanol–water partition coefficient (Wildman–Crippen LogP) is 4.14. The van der Waals surface area contributed by atoms with Crippen molar-refractivity contribution in [1.82, 2.24) is 5.32 Å². The van der Waals surface area contributed by atoms with Crippen LogP contribution in [0.1, 0.15) is 43.5 Å². The average Bonchev–Trinajstić information content (AvgIpc) is 2.88. The molecule has 1 amide bonds. The van der Waals surface area contributed by atoms with E-state index in [0.29, 0.717) is 47.8 Å². The number of carbonyl (C=O) groups is 2. The first-order valence-corrected chi connectivity index (χ1v) is 11.0. The summed E-state index contributed by atoms with van der Waals surface area (Å²) in [5, 5.41) is 2.94. The van der Waals surface area contributed by atoms with Crippen LogP contribution in [0, 0.1) is 0 Å². The minimum atomic E-state index is -0.373. The van der Waals surface area contributed by atoms with E-state index >= 15 is 0 Å². The fraction of sp³-hybridized carbons (Fsp3) is 0.259. The maximum atomic E-state index is 12.8. The van der Waals surface area contributed by atoms with Crippen LogP contribution in [0.4, 0.5) is 0 Å². The minimum absolute atomic E-state index is 0.211. The van der Waals surface area contributed by atoms with E-state index in [-0.39, 0.29) is 18.0 Å². The summed E-state index contributed by atoms with van der Waals surface area (Å²) in [7, 11) is 4.69. The molecule has 3 aromatic carbocycles. The van der Waals surface area contributed by atoms with Crippen molar-refractivity contribution in [1.29, 1.82) is 0 Å². The molecule has 34 heavy (non-hydrogen) atoms. The highest BCUT2D eigenvalue weighted by molar-refractivity contribution is 5.97. The van der Waals surface area contributed by atoms with Gasteiger partial charge in [-0.3, -0.25) is 4.79 Å². The lowest BCUT2D eigenvalue weighted by atomic mass is 9.93. The van der Waals surface area contributed by atoms with E-state index in [1.165, 1.54) is 0 Å². The molecule has 1 heterocycles. The maximum Gasteiger partial charge on any atom is 0.339 e. The number of rotatable bonds is 8. The van der Waals surface area contributed by atoms with Crippen LogP contribution in [-0.4, -0.2) is 39.8 Å². The molecule has 3 aromatic rings. The van der Waals surface area contributed by atoms with Gasteiger partial charge in [0.1, 0.15) is 6.10 Å². The molecule has 0 fully saturated rings. The zero-order valence-corrected chi connectivity index (χ0v) is 19.4. The Morgan fingerprint density at radius 1 is 0.971 bits per heavy atom. The molecule has 1 unspecified atom stereocenters. The highest BCUT2D eigenvalue weighted by Crippen LogP contribution is 2.39. The summed E-state index contributed by atoms with van der Waals surface area (Å²) in [6, 6.07) is 18.4. The molecule has 0 radical (unpaired) electrons. The SMILES string of the molecule is COc1ccc(CCNC(=O)c2ccc3c(c2)CC(c2ccccc2)OC3=O)c(OC)c1OC. The van der Waals surface area contributed by atoms with Gasteiger partial charge < -0.3 is 24.3 Å². The van der Waals surface area contributed by atoms with Crippen LogP contribution in [-0.2, 0) is 17.6 Å². The largest absolute Gasteiger partial charge is 0.493 e. The number of fused-ring (bicyclic) bond motifs is 1. The molecule has 176 valence electrons. The number of hydrogen-bond donors (Lipinski definition) is 1. The number of cyclic esters (lactones) is 1. The van der Waals surface area contributed by atoms with Gasteiger partial charge in [-0.15, -0.1) is 0 Å². The van der Waals surface area contributed by atoms with Crippen molar-refractivity contribution in [2.75, 3.05) is 27.9 Å². The fourth-order valence-electron chi connectivity index (χ4n) is 4.16. The van der Waals surface area contributed by atoms with Crippen molar-refractivity contribution >= 4 is 11.9 Å². The van der Waals surface area contributed by atoms with E-state index in [9.17, 15) is 9.59 Å². The summed E-state index contributed by atoms with van der Waals surface area (Å²) < 4.78 is 21.8. The number of amides is 1. The molecule has 1 atom stereocenters. The Morgan fingerprint density at radius 2 is 1.74 bits per heavy atom. The quantitative estimate of drug-likeness (QED) is 0.508. The van der Waals surface area contributed by atoms with Gasteiger partial charge in [0.25, 0.3) is 5.91 Å². The molecule has 0 aromatic heterocycles.